The molecule has 35 heavy (non-hydrogen) atoms. The average molecular weight is 489 g/mol. The molecule has 4 fully saturated rings. The van der Waals surface area contributed by atoms with Gasteiger partial charge in [-0.25, -0.2) is 9.59 Å². The summed E-state index contributed by atoms with van der Waals surface area (Å²) in [7, 11) is 0. The van der Waals surface area contributed by atoms with Gasteiger partial charge in [-0.1, -0.05) is 32.9 Å². The predicted octanol–water partition coefficient (Wildman–Crippen LogP) is 4.68. The first-order valence-corrected chi connectivity index (χ1v) is 13.0. The van der Waals surface area contributed by atoms with Crippen LogP contribution in [-0.2, 0) is 33.3 Å². The molecule has 0 N–H and O–H groups in total. The van der Waals surface area contributed by atoms with Crippen LogP contribution in [0.3, 0.4) is 0 Å². The maximum Gasteiger partial charge on any atom is 0.330 e. The van der Waals surface area contributed by atoms with Crippen molar-refractivity contribution in [2.24, 2.45) is 22.7 Å². The molecule has 2 spiro atoms. The first kappa shape index (κ1) is 25.9. The molecule has 194 valence electrons. The summed E-state index contributed by atoms with van der Waals surface area (Å²) in [6, 6.07) is 0. The van der Waals surface area contributed by atoms with E-state index in [2.05, 4.69) is 20.8 Å². The van der Waals surface area contributed by atoms with Crippen LogP contribution < -0.4 is 0 Å². The number of carbonyl (C=O) groups is 3. The van der Waals surface area contributed by atoms with Gasteiger partial charge < -0.3 is 18.9 Å². The van der Waals surface area contributed by atoms with E-state index in [1.807, 2.05) is 0 Å². The third-order valence-corrected chi connectivity index (χ3v) is 9.58. The highest BCUT2D eigenvalue weighted by atomic mass is 16.6. The second kappa shape index (κ2) is 9.38. The van der Waals surface area contributed by atoms with Gasteiger partial charge in [0.25, 0.3) is 0 Å². The highest BCUT2D eigenvalue weighted by Gasteiger charge is 2.70. The minimum atomic E-state index is -0.574. The Labute approximate surface area is 208 Å². The summed E-state index contributed by atoms with van der Waals surface area (Å²) in [6.07, 6.45) is 11.2. The zero-order valence-electron chi connectivity index (χ0n) is 21.8. The van der Waals surface area contributed by atoms with Crippen molar-refractivity contribution in [3.05, 3.63) is 24.3 Å². The molecule has 0 amide bonds. The molecule has 2 heterocycles. The molecule has 2 saturated carbocycles. The zero-order chi connectivity index (χ0) is 25.5. The van der Waals surface area contributed by atoms with E-state index < -0.39 is 22.6 Å². The predicted molar refractivity (Wildman–Crippen MR) is 129 cm³/mol. The van der Waals surface area contributed by atoms with Crippen molar-refractivity contribution in [2.45, 2.75) is 96.9 Å². The van der Waals surface area contributed by atoms with Crippen molar-refractivity contribution < 1.29 is 33.3 Å². The van der Waals surface area contributed by atoms with Crippen molar-refractivity contribution >= 4 is 17.9 Å². The van der Waals surface area contributed by atoms with Gasteiger partial charge in [0.1, 0.15) is 24.9 Å². The van der Waals surface area contributed by atoms with E-state index >= 15 is 0 Å². The van der Waals surface area contributed by atoms with Crippen LogP contribution in [0.2, 0.25) is 0 Å². The average Bonchev–Trinajstić information content (AvgIpc) is 3.37. The number of esters is 3. The Balaban J connectivity index is 1.69. The molecule has 4 aliphatic rings. The summed E-state index contributed by atoms with van der Waals surface area (Å²) in [6.45, 7) is 10.7. The second-order valence-electron chi connectivity index (χ2n) is 11.5. The van der Waals surface area contributed by atoms with Gasteiger partial charge in [0.05, 0.1) is 12.0 Å². The molecular weight excluding hydrogens is 448 g/mol. The molecule has 0 aromatic rings. The first-order valence-electron chi connectivity index (χ1n) is 13.0. The largest absolute Gasteiger partial charge is 0.463 e. The smallest absolute Gasteiger partial charge is 0.330 e. The lowest BCUT2D eigenvalue weighted by atomic mass is 9.43. The summed E-state index contributed by atoms with van der Waals surface area (Å²) in [5, 5.41) is 0. The van der Waals surface area contributed by atoms with Crippen molar-refractivity contribution in [2.75, 3.05) is 13.2 Å². The quantitative estimate of drug-likeness (QED) is 0.315. The van der Waals surface area contributed by atoms with Crippen molar-refractivity contribution in [3.63, 3.8) is 0 Å². The first-order chi connectivity index (χ1) is 16.5. The monoisotopic (exact) mass is 488 g/mol. The molecule has 7 nitrogen and oxygen atoms in total. The molecule has 0 aromatic carbocycles. The van der Waals surface area contributed by atoms with Gasteiger partial charge in [-0.05, 0) is 64.2 Å². The molecule has 0 radical (unpaired) electrons. The minimum Gasteiger partial charge on any atom is -0.463 e. The normalized spacial score (nSPS) is 43.1. The molecule has 0 aromatic heterocycles. The molecule has 7 unspecified atom stereocenters. The maximum absolute atomic E-state index is 12.5. The molecule has 4 rings (SSSR count). The van der Waals surface area contributed by atoms with E-state index in [1.165, 1.54) is 12.2 Å². The lowest BCUT2D eigenvalue weighted by Crippen LogP contribution is -2.67. The van der Waals surface area contributed by atoms with E-state index in [0.29, 0.717) is 25.4 Å². The van der Waals surface area contributed by atoms with E-state index in [0.717, 1.165) is 32.1 Å². The van der Waals surface area contributed by atoms with Crippen molar-refractivity contribution in [1.82, 2.24) is 0 Å². The Morgan fingerprint density at radius 1 is 1.03 bits per heavy atom. The number of ether oxygens (including phenoxy) is 4. The lowest BCUT2D eigenvalue weighted by molar-refractivity contribution is -0.268. The number of hydrogen-bond donors (Lipinski definition) is 0. The highest BCUT2D eigenvalue weighted by Crippen LogP contribution is 2.68. The Hall–Kier alpha value is -2.15. The Kier molecular flexibility index (Phi) is 6.95. The number of hydrogen-bond acceptors (Lipinski definition) is 7. The van der Waals surface area contributed by atoms with Gasteiger partial charge in [0.15, 0.2) is 0 Å². The van der Waals surface area contributed by atoms with Crippen molar-refractivity contribution in [1.29, 1.82) is 0 Å². The van der Waals surface area contributed by atoms with Crippen LogP contribution in [0.5, 0.6) is 0 Å². The Morgan fingerprint density at radius 2 is 1.74 bits per heavy atom. The van der Waals surface area contributed by atoms with E-state index in [-0.39, 0.29) is 36.0 Å². The third kappa shape index (κ3) is 4.24. The fourth-order valence-electron chi connectivity index (χ4n) is 7.82. The fraction of sp³-hybridized carbons (Fsp3) is 0.750. The van der Waals surface area contributed by atoms with Gasteiger partial charge >= 0.3 is 17.9 Å². The van der Waals surface area contributed by atoms with Gasteiger partial charge in [-0.15, -0.1) is 0 Å². The van der Waals surface area contributed by atoms with Crippen LogP contribution in [0.15, 0.2) is 24.3 Å². The highest BCUT2D eigenvalue weighted by molar-refractivity contribution is 5.82. The standard InChI is InChI=1S/C28H40O7/c1-6-8-22(29)32-17-25(4)20-11-10-19(3)28(15-14-27(35-28)16-24(31)33-18-27)26(20,5)13-12-21(25)34-23(30)9-7-2/h6-9,19-21H,10-18H2,1-5H3. The molecule has 2 aliphatic heterocycles. The summed E-state index contributed by atoms with van der Waals surface area (Å²) >= 11 is 0. The molecule has 2 aliphatic carbocycles. The van der Waals surface area contributed by atoms with Crippen LogP contribution >= 0.6 is 0 Å². The summed E-state index contributed by atoms with van der Waals surface area (Å²) < 4.78 is 24.1. The van der Waals surface area contributed by atoms with Crippen LogP contribution in [0, 0.1) is 22.7 Å². The van der Waals surface area contributed by atoms with Crippen LogP contribution in [0.4, 0.5) is 0 Å². The topological polar surface area (TPSA) is 88.1 Å². The number of rotatable bonds is 5. The van der Waals surface area contributed by atoms with E-state index in [1.54, 1.807) is 26.0 Å². The Morgan fingerprint density at radius 3 is 2.40 bits per heavy atom. The van der Waals surface area contributed by atoms with Crippen LogP contribution in [0.25, 0.3) is 0 Å². The number of carbonyl (C=O) groups excluding carboxylic acids is 3. The molecule has 0 bridgehead atoms. The number of cyclic esters (lactones) is 1. The fourth-order valence-corrected chi connectivity index (χ4v) is 7.82. The number of allylic oxidation sites excluding steroid dienone is 2. The lowest BCUT2D eigenvalue weighted by Gasteiger charge is -2.65. The third-order valence-electron chi connectivity index (χ3n) is 9.58. The molecular formula is C28H40O7. The minimum absolute atomic E-state index is 0.106. The van der Waals surface area contributed by atoms with Gasteiger partial charge in [0.2, 0.25) is 0 Å². The van der Waals surface area contributed by atoms with E-state index in [4.69, 9.17) is 18.9 Å². The van der Waals surface area contributed by atoms with Gasteiger partial charge in [-0.2, -0.15) is 0 Å². The Bertz CT molecular complexity index is 924. The van der Waals surface area contributed by atoms with Gasteiger partial charge in [-0.3, -0.25) is 4.79 Å². The zero-order valence-corrected chi connectivity index (χ0v) is 21.8. The van der Waals surface area contributed by atoms with Crippen molar-refractivity contribution in [3.8, 4) is 0 Å². The summed E-state index contributed by atoms with van der Waals surface area (Å²) in [5.74, 6) is -0.530. The van der Waals surface area contributed by atoms with Crippen LogP contribution in [-0.4, -0.2) is 48.4 Å². The molecule has 2 saturated heterocycles. The van der Waals surface area contributed by atoms with E-state index in [9.17, 15) is 14.4 Å². The maximum atomic E-state index is 12.5. The summed E-state index contributed by atoms with van der Waals surface area (Å²) in [4.78, 5) is 36.8. The SMILES string of the molecule is CC=CC(=O)OCC1(C)C(OC(=O)C=CC)CCC2(C)C1CCC(C)C21CCC2(COC(=O)C2)O1. The molecule has 7 heteroatoms. The number of fused-ring (bicyclic) bond motifs is 2. The second-order valence-corrected chi connectivity index (χ2v) is 11.5. The van der Waals surface area contributed by atoms with Crippen LogP contribution in [0.1, 0.15) is 79.6 Å². The molecule has 7 atom stereocenters. The van der Waals surface area contributed by atoms with Gasteiger partial charge in [0, 0.05) is 23.0 Å². The summed E-state index contributed by atoms with van der Waals surface area (Å²) in [5.41, 5.74) is -1.75.